The third-order valence-corrected chi connectivity index (χ3v) is 5.77. The van der Waals surface area contributed by atoms with Crippen LogP contribution >= 0.6 is 23.1 Å². The van der Waals surface area contributed by atoms with Gasteiger partial charge in [-0.25, -0.2) is 0 Å². The van der Waals surface area contributed by atoms with Crippen LogP contribution in [-0.2, 0) is 19.3 Å². The van der Waals surface area contributed by atoms with E-state index < -0.39 is 0 Å². The Morgan fingerprint density at radius 1 is 1.29 bits per heavy atom. The van der Waals surface area contributed by atoms with Crippen LogP contribution in [-0.4, -0.2) is 27.6 Å². The molecule has 3 aromatic rings. The first-order valence-corrected chi connectivity index (χ1v) is 9.47. The molecule has 0 bridgehead atoms. The third-order valence-electron chi connectivity index (χ3n) is 3.59. The summed E-state index contributed by atoms with van der Waals surface area (Å²) >= 11 is 3.45. The minimum Gasteiger partial charge on any atom is -0.337 e. The van der Waals surface area contributed by atoms with Gasteiger partial charge in [-0.3, -0.25) is 9.48 Å². The number of thiophene rings is 1. The van der Waals surface area contributed by atoms with E-state index in [0.29, 0.717) is 6.54 Å². The maximum atomic E-state index is 12.8. The lowest BCUT2D eigenvalue weighted by Crippen LogP contribution is -2.26. The fourth-order valence-electron chi connectivity index (χ4n) is 2.42. The second-order valence-corrected chi connectivity index (χ2v) is 7.60. The summed E-state index contributed by atoms with van der Waals surface area (Å²) in [6, 6.07) is 12.0. The fraction of sp³-hybridized carbons (Fsp3) is 0.222. The Kier molecular flexibility index (Phi) is 5.37. The highest BCUT2D eigenvalue weighted by atomic mass is 32.2. The number of thioether (sulfide) groups is 1. The number of aryl methyl sites for hydroxylation is 1. The molecule has 124 valence electrons. The lowest BCUT2D eigenvalue weighted by Gasteiger charge is -2.18. The molecule has 1 amide bonds. The zero-order valence-electron chi connectivity index (χ0n) is 13.7. The van der Waals surface area contributed by atoms with Crippen LogP contribution in [0.3, 0.4) is 0 Å². The second kappa shape index (κ2) is 7.68. The standard InChI is InChI=1S/C18H19N3OS2/c1-20(11-14-10-19-21(2)12-14)18(22)16-7-3-4-8-17(16)24-13-15-6-5-9-23-15/h3-10,12H,11,13H2,1-2H3. The van der Waals surface area contributed by atoms with Crippen molar-refractivity contribution in [2.75, 3.05) is 7.05 Å². The molecule has 0 unspecified atom stereocenters. The van der Waals surface area contributed by atoms with E-state index in [-0.39, 0.29) is 5.91 Å². The molecule has 6 heteroatoms. The van der Waals surface area contributed by atoms with Gasteiger partial charge in [0.1, 0.15) is 0 Å². The van der Waals surface area contributed by atoms with Crippen molar-refractivity contribution in [2.45, 2.75) is 17.2 Å². The number of nitrogens with zero attached hydrogens (tertiary/aromatic N) is 3. The molecule has 0 aliphatic rings. The van der Waals surface area contributed by atoms with Gasteiger partial charge in [-0.2, -0.15) is 5.10 Å². The third kappa shape index (κ3) is 4.07. The summed E-state index contributed by atoms with van der Waals surface area (Å²) in [6.45, 7) is 0.552. The van der Waals surface area contributed by atoms with Gasteiger partial charge in [0.2, 0.25) is 0 Å². The Labute approximate surface area is 150 Å². The number of rotatable bonds is 6. The minimum absolute atomic E-state index is 0.0353. The number of amides is 1. The predicted octanol–water partition coefficient (Wildman–Crippen LogP) is 4.05. The van der Waals surface area contributed by atoms with Gasteiger partial charge in [-0.05, 0) is 23.6 Å². The Morgan fingerprint density at radius 3 is 2.83 bits per heavy atom. The van der Waals surface area contributed by atoms with Crippen molar-refractivity contribution < 1.29 is 4.79 Å². The van der Waals surface area contributed by atoms with Gasteiger partial charge in [0.15, 0.2) is 0 Å². The molecule has 0 spiro atoms. The van der Waals surface area contributed by atoms with Crippen LogP contribution in [0.1, 0.15) is 20.8 Å². The van der Waals surface area contributed by atoms with Crippen LogP contribution in [0.4, 0.5) is 0 Å². The number of hydrogen-bond acceptors (Lipinski definition) is 4. The van der Waals surface area contributed by atoms with Gasteiger partial charge < -0.3 is 4.90 Å². The van der Waals surface area contributed by atoms with Crippen molar-refractivity contribution >= 4 is 29.0 Å². The SMILES string of the molecule is CN(Cc1cnn(C)c1)C(=O)c1ccccc1SCc1cccs1. The van der Waals surface area contributed by atoms with Crippen molar-refractivity contribution in [2.24, 2.45) is 7.05 Å². The normalized spacial score (nSPS) is 10.8. The predicted molar refractivity (Wildman–Crippen MR) is 99.3 cm³/mol. The molecule has 3 rings (SSSR count). The first kappa shape index (κ1) is 16.8. The Morgan fingerprint density at radius 2 is 2.12 bits per heavy atom. The highest BCUT2D eigenvalue weighted by Crippen LogP contribution is 2.28. The molecule has 0 aliphatic heterocycles. The van der Waals surface area contributed by atoms with E-state index in [1.165, 1.54) is 4.88 Å². The Bertz CT molecular complexity index is 811. The summed E-state index contributed by atoms with van der Waals surface area (Å²) in [7, 11) is 3.71. The van der Waals surface area contributed by atoms with Crippen molar-refractivity contribution in [1.82, 2.24) is 14.7 Å². The number of carbonyl (C=O) groups excluding carboxylic acids is 1. The Hall–Kier alpha value is -2.05. The monoisotopic (exact) mass is 357 g/mol. The number of carbonyl (C=O) groups is 1. The molecule has 4 nitrogen and oxygen atoms in total. The molecular weight excluding hydrogens is 338 g/mol. The van der Waals surface area contributed by atoms with Crippen LogP contribution in [0.25, 0.3) is 0 Å². The lowest BCUT2D eigenvalue weighted by atomic mass is 10.2. The number of benzene rings is 1. The van der Waals surface area contributed by atoms with Crippen LogP contribution in [0.2, 0.25) is 0 Å². The molecule has 0 saturated carbocycles. The molecule has 0 atom stereocenters. The van der Waals surface area contributed by atoms with E-state index in [1.807, 2.05) is 44.6 Å². The van der Waals surface area contributed by atoms with Crippen molar-refractivity contribution in [3.63, 3.8) is 0 Å². The average Bonchev–Trinajstić information content (AvgIpc) is 3.24. The highest BCUT2D eigenvalue weighted by molar-refractivity contribution is 7.98. The molecule has 0 fully saturated rings. The molecule has 0 saturated heterocycles. The first-order valence-electron chi connectivity index (χ1n) is 7.60. The quantitative estimate of drug-likeness (QED) is 0.625. The lowest BCUT2D eigenvalue weighted by molar-refractivity contribution is 0.0781. The molecule has 1 aromatic carbocycles. The van der Waals surface area contributed by atoms with Gasteiger partial charge in [0.25, 0.3) is 5.91 Å². The summed E-state index contributed by atoms with van der Waals surface area (Å²) in [5.74, 6) is 0.919. The summed E-state index contributed by atoms with van der Waals surface area (Å²) in [4.78, 5) is 16.9. The van der Waals surface area contributed by atoms with Crippen LogP contribution in [0.5, 0.6) is 0 Å². The van der Waals surface area contributed by atoms with E-state index >= 15 is 0 Å². The Balaban J connectivity index is 1.71. The summed E-state index contributed by atoms with van der Waals surface area (Å²) in [5.41, 5.74) is 1.78. The minimum atomic E-state index is 0.0353. The van der Waals surface area contributed by atoms with Gasteiger partial charge in [0.05, 0.1) is 11.8 Å². The molecule has 0 N–H and O–H groups in total. The maximum absolute atomic E-state index is 12.8. The van der Waals surface area contributed by atoms with Gasteiger partial charge in [-0.1, -0.05) is 18.2 Å². The van der Waals surface area contributed by atoms with E-state index in [4.69, 9.17) is 0 Å². The van der Waals surface area contributed by atoms with Crippen LogP contribution in [0.15, 0.2) is 59.1 Å². The second-order valence-electron chi connectivity index (χ2n) is 5.55. The van der Waals surface area contributed by atoms with Crippen LogP contribution < -0.4 is 0 Å². The number of hydrogen-bond donors (Lipinski definition) is 0. The average molecular weight is 358 g/mol. The van der Waals surface area contributed by atoms with Crippen molar-refractivity contribution in [1.29, 1.82) is 0 Å². The van der Waals surface area contributed by atoms with Crippen molar-refractivity contribution in [3.8, 4) is 0 Å². The first-order chi connectivity index (χ1) is 11.6. The number of aromatic nitrogens is 2. The highest BCUT2D eigenvalue weighted by Gasteiger charge is 2.16. The molecule has 2 heterocycles. The van der Waals surface area contributed by atoms with E-state index in [9.17, 15) is 4.79 Å². The van der Waals surface area contributed by atoms with Gasteiger partial charge in [0, 0.05) is 47.9 Å². The summed E-state index contributed by atoms with van der Waals surface area (Å²) in [5, 5.41) is 6.23. The molecule has 0 aliphatic carbocycles. The largest absolute Gasteiger partial charge is 0.337 e. The zero-order chi connectivity index (χ0) is 16.9. The molecule has 2 aromatic heterocycles. The van der Waals surface area contributed by atoms with Crippen LogP contribution in [0, 0.1) is 0 Å². The molecule has 0 radical (unpaired) electrons. The van der Waals surface area contributed by atoms with Gasteiger partial charge in [-0.15, -0.1) is 23.1 Å². The smallest absolute Gasteiger partial charge is 0.255 e. The topological polar surface area (TPSA) is 38.1 Å². The van der Waals surface area contributed by atoms with E-state index in [0.717, 1.165) is 21.8 Å². The summed E-state index contributed by atoms with van der Waals surface area (Å²) < 4.78 is 1.75. The fourth-order valence-corrected chi connectivity index (χ4v) is 4.24. The summed E-state index contributed by atoms with van der Waals surface area (Å²) in [6.07, 6.45) is 3.72. The molecular formula is C18H19N3OS2. The van der Waals surface area contributed by atoms with Crippen molar-refractivity contribution in [3.05, 3.63) is 70.2 Å². The van der Waals surface area contributed by atoms with E-state index in [2.05, 4.69) is 22.6 Å². The zero-order valence-corrected chi connectivity index (χ0v) is 15.3. The maximum Gasteiger partial charge on any atom is 0.255 e. The van der Waals surface area contributed by atoms with E-state index in [1.54, 1.807) is 38.9 Å². The van der Waals surface area contributed by atoms with Gasteiger partial charge >= 0.3 is 0 Å². The molecule has 24 heavy (non-hydrogen) atoms.